The number of hydrogen-bond acceptors (Lipinski definition) is 4. The summed E-state index contributed by atoms with van der Waals surface area (Å²) in [6.07, 6.45) is 1.60. The van der Waals surface area contributed by atoms with Crippen molar-refractivity contribution in [2.75, 3.05) is 0 Å². The molecule has 0 amide bonds. The fourth-order valence-corrected chi connectivity index (χ4v) is 1.87. The zero-order chi connectivity index (χ0) is 13.3. The Hall–Kier alpha value is -2.41. The van der Waals surface area contributed by atoms with Crippen LogP contribution in [0.15, 0.2) is 24.4 Å². The number of nitrogens with one attached hydrogen (secondary N) is 1. The number of aromatic nitrogens is 1. The van der Waals surface area contributed by atoms with Gasteiger partial charge in [0.25, 0.3) is 5.69 Å². The Morgan fingerprint density at radius 3 is 2.89 bits per heavy atom. The molecule has 4 N–H and O–H groups in total. The number of hydrogen-bond donors (Lipinski definition) is 3. The molecule has 1 aromatic carbocycles. The number of nitrogens with zero attached hydrogens (tertiary/aromatic N) is 1. The molecule has 2 rings (SSSR count). The number of nitrogens with two attached hydrogens (primary N) is 1. The molecule has 0 fully saturated rings. The Balaban J connectivity index is 2.52. The van der Waals surface area contributed by atoms with Crippen molar-refractivity contribution in [1.29, 1.82) is 0 Å². The molecular weight excluding hydrogens is 238 g/mol. The van der Waals surface area contributed by atoms with Crippen LogP contribution in [0, 0.1) is 10.1 Å². The summed E-state index contributed by atoms with van der Waals surface area (Å²) in [4.78, 5) is 24.0. The van der Waals surface area contributed by atoms with Crippen molar-refractivity contribution in [1.82, 2.24) is 4.98 Å². The second-order valence-electron chi connectivity index (χ2n) is 3.92. The van der Waals surface area contributed by atoms with Crippen LogP contribution in [0.2, 0.25) is 0 Å². The van der Waals surface area contributed by atoms with E-state index < -0.39 is 16.9 Å². The maximum atomic E-state index is 10.9. The van der Waals surface area contributed by atoms with Gasteiger partial charge < -0.3 is 15.8 Å². The molecule has 0 saturated heterocycles. The van der Waals surface area contributed by atoms with Gasteiger partial charge in [0.1, 0.15) is 6.04 Å². The van der Waals surface area contributed by atoms with E-state index in [0.717, 1.165) is 0 Å². The highest BCUT2D eigenvalue weighted by Gasteiger charge is 2.20. The molecule has 94 valence electrons. The van der Waals surface area contributed by atoms with Crippen molar-refractivity contribution in [3.8, 4) is 0 Å². The molecule has 0 aliphatic carbocycles. The minimum atomic E-state index is -1.14. The van der Waals surface area contributed by atoms with E-state index in [1.54, 1.807) is 18.3 Å². The summed E-state index contributed by atoms with van der Waals surface area (Å²) in [6, 6.07) is 3.56. The van der Waals surface area contributed by atoms with Crippen LogP contribution in [0.4, 0.5) is 5.69 Å². The average molecular weight is 249 g/mol. The van der Waals surface area contributed by atoms with Crippen molar-refractivity contribution in [2.45, 2.75) is 12.5 Å². The molecule has 0 bridgehead atoms. The Kier molecular flexibility index (Phi) is 2.99. The number of non-ortho nitro benzene ring substituents is 1. The Labute approximate surface area is 101 Å². The highest BCUT2D eigenvalue weighted by Crippen LogP contribution is 2.28. The highest BCUT2D eigenvalue weighted by molar-refractivity contribution is 5.92. The standard InChI is InChI=1S/C11H11N3O4/c12-7(11(15)16)4-6-5-13-8-2-1-3-9(10(6)8)14(17)18/h1-3,5,7,13H,4,12H2,(H,15,16)/t7-/m0/s1. The third kappa shape index (κ3) is 2.03. The van der Waals surface area contributed by atoms with Gasteiger partial charge in [-0.15, -0.1) is 0 Å². The first-order chi connectivity index (χ1) is 8.50. The number of H-pyrrole nitrogens is 1. The molecule has 0 radical (unpaired) electrons. The lowest BCUT2D eigenvalue weighted by molar-refractivity contribution is -0.383. The molecule has 7 heteroatoms. The van der Waals surface area contributed by atoms with E-state index in [1.165, 1.54) is 6.07 Å². The number of rotatable bonds is 4. The smallest absolute Gasteiger partial charge is 0.320 e. The molecule has 1 atom stereocenters. The third-order valence-electron chi connectivity index (χ3n) is 2.72. The molecule has 1 heterocycles. The molecule has 18 heavy (non-hydrogen) atoms. The Morgan fingerprint density at radius 1 is 1.56 bits per heavy atom. The first kappa shape index (κ1) is 12.1. The largest absolute Gasteiger partial charge is 0.480 e. The van der Waals surface area contributed by atoms with Gasteiger partial charge in [0, 0.05) is 18.7 Å². The lowest BCUT2D eigenvalue weighted by Crippen LogP contribution is -2.32. The number of carboxylic acid groups (broad SMARTS) is 1. The van der Waals surface area contributed by atoms with Crippen LogP contribution in [0.5, 0.6) is 0 Å². The van der Waals surface area contributed by atoms with Gasteiger partial charge in [0.2, 0.25) is 0 Å². The third-order valence-corrected chi connectivity index (χ3v) is 2.72. The number of fused-ring (bicyclic) bond motifs is 1. The van der Waals surface area contributed by atoms with E-state index in [0.29, 0.717) is 16.5 Å². The minimum absolute atomic E-state index is 0.0419. The molecule has 0 aliphatic heterocycles. The van der Waals surface area contributed by atoms with E-state index in [9.17, 15) is 14.9 Å². The molecule has 0 spiro atoms. The lowest BCUT2D eigenvalue weighted by Gasteiger charge is -2.04. The molecule has 1 aromatic heterocycles. The van der Waals surface area contributed by atoms with Crippen molar-refractivity contribution in [3.05, 3.63) is 40.1 Å². The van der Waals surface area contributed by atoms with Crippen LogP contribution in [0.3, 0.4) is 0 Å². The monoisotopic (exact) mass is 249 g/mol. The van der Waals surface area contributed by atoms with Crippen molar-refractivity contribution in [2.24, 2.45) is 5.73 Å². The molecule has 0 unspecified atom stereocenters. The second kappa shape index (κ2) is 4.46. The second-order valence-corrected chi connectivity index (χ2v) is 3.92. The summed E-state index contributed by atoms with van der Waals surface area (Å²) in [5.41, 5.74) is 6.52. The summed E-state index contributed by atoms with van der Waals surface area (Å²) in [5, 5.41) is 20.1. The van der Waals surface area contributed by atoms with Crippen molar-refractivity contribution >= 4 is 22.6 Å². The zero-order valence-corrected chi connectivity index (χ0v) is 9.29. The Bertz CT molecular complexity index is 620. The topological polar surface area (TPSA) is 122 Å². The van der Waals surface area contributed by atoms with Gasteiger partial charge >= 0.3 is 5.97 Å². The summed E-state index contributed by atoms with van der Waals surface area (Å²) >= 11 is 0. The van der Waals surface area contributed by atoms with E-state index >= 15 is 0 Å². The quantitative estimate of drug-likeness (QED) is 0.551. The molecule has 0 saturated carbocycles. The molecule has 7 nitrogen and oxygen atoms in total. The number of nitro groups is 1. The molecular formula is C11H11N3O4. The number of benzene rings is 1. The van der Waals surface area contributed by atoms with Crippen LogP contribution in [-0.4, -0.2) is 27.0 Å². The van der Waals surface area contributed by atoms with Gasteiger partial charge in [-0.1, -0.05) is 6.07 Å². The summed E-state index contributed by atoms with van der Waals surface area (Å²) in [6.45, 7) is 0. The lowest BCUT2D eigenvalue weighted by atomic mass is 10.0. The van der Waals surface area contributed by atoms with Crippen molar-refractivity contribution in [3.63, 3.8) is 0 Å². The number of aromatic amines is 1. The van der Waals surface area contributed by atoms with E-state index in [-0.39, 0.29) is 12.1 Å². The first-order valence-electron chi connectivity index (χ1n) is 5.22. The van der Waals surface area contributed by atoms with Crippen molar-refractivity contribution < 1.29 is 14.8 Å². The van der Waals surface area contributed by atoms with E-state index in [4.69, 9.17) is 10.8 Å². The minimum Gasteiger partial charge on any atom is -0.480 e. The predicted molar refractivity (Wildman–Crippen MR) is 64.3 cm³/mol. The van der Waals surface area contributed by atoms with Crippen LogP contribution in [0.1, 0.15) is 5.56 Å². The number of nitro benzene ring substituents is 1. The fourth-order valence-electron chi connectivity index (χ4n) is 1.87. The van der Waals surface area contributed by atoms with Gasteiger partial charge in [-0.25, -0.2) is 0 Å². The predicted octanol–water partition coefficient (Wildman–Crippen LogP) is 1.03. The number of carbonyl (C=O) groups is 1. The molecule has 0 aliphatic rings. The highest BCUT2D eigenvalue weighted by atomic mass is 16.6. The zero-order valence-electron chi connectivity index (χ0n) is 9.29. The van der Waals surface area contributed by atoms with Crippen LogP contribution in [-0.2, 0) is 11.2 Å². The number of carboxylic acids is 1. The van der Waals surface area contributed by atoms with Crippen LogP contribution < -0.4 is 5.73 Å². The SMILES string of the molecule is N[C@@H](Cc1c[nH]c2cccc([N+](=O)[O-])c12)C(=O)O. The molecule has 2 aromatic rings. The first-order valence-corrected chi connectivity index (χ1v) is 5.22. The van der Waals surface area contributed by atoms with Gasteiger partial charge in [-0.05, 0) is 11.6 Å². The normalized spacial score (nSPS) is 12.5. The summed E-state index contributed by atoms with van der Waals surface area (Å²) in [5.74, 6) is -1.14. The average Bonchev–Trinajstić information content (AvgIpc) is 2.72. The van der Waals surface area contributed by atoms with Gasteiger partial charge in [-0.2, -0.15) is 0 Å². The van der Waals surface area contributed by atoms with E-state index in [1.807, 2.05) is 0 Å². The maximum absolute atomic E-state index is 10.9. The van der Waals surface area contributed by atoms with Gasteiger partial charge in [-0.3, -0.25) is 14.9 Å². The number of aliphatic carboxylic acids is 1. The maximum Gasteiger partial charge on any atom is 0.320 e. The van der Waals surface area contributed by atoms with Gasteiger partial charge in [0.05, 0.1) is 15.8 Å². The summed E-state index contributed by atoms with van der Waals surface area (Å²) in [7, 11) is 0. The van der Waals surface area contributed by atoms with Crippen LogP contribution >= 0.6 is 0 Å². The Morgan fingerprint density at radius 2 is 2.28 bits per heavy atom. The fraction of sp³-hybridized carbons (Fsp3) is 0.182. The van der Waals surface area contributed by atoms with Crippen LogP contribution in [0.25, 0.3) is 10.9 Å². The van der Waals surface area contributed by atoms with E-state index in [2.05, 4.69) is 4.98 Å². The van der Waals surface area contributed by atoms with Gasteiger partial charge in [0.15, 0.2) is 0 Å². The summed E-state index contributed by atoms with van der Waals surface area (Å²) < 4.78 is 0.